The first kappa shape index (κ1) is 17.3. The molecule has 0 radical (unpaired) electrons. The maximum absolute atomic E-state index is 12.2. The van der Waals surface area contributed by atoms with Crippen molar-refractivity contribution >= 4 is 5.78 Å². The van der Waals surface area contributed by atoms with Crippen molar-refractivity contribution in [2.24, 2.45) is 34.5 Å². The van der Waals surface area contributed by atoms with Gasteiger partial charge in [-0.15, -0.1) is 6.42 Å². The molecule has 3 nitrogen and oxygen atoms in total. The van der Waals surface area contributed by atoms with Crippen LogP contribution in [0.3, 0.4) is 0 Å². The lowest BCUT2D eigenvalue weighted by molar-refractivity contribution is -0.126. The van der Waals surface area contributed by atoms with Gasteiger partial charge in [-0.1, -0.05) is 25.3 Å². The van der Waals surface area contributed by atoms with Crippen molar-refractivity contribution in [1.29, 1.82) is 0 Å². The number of aliphatic hydroxyl groups is 2. The van der Waals surface area contributed by atoms with Crippen LogP contribution in [-0.4, -0.2) is 28.2 Å². The van der Waals surface area contributed by atoms with Crippen LogP contribution in [0.15, 0.2) is 11.6 Å². The zero-order chi connectivity index (χ0) is 18.0. The molecule has 4 aliphatic carbocycles. The van der Waals surface area contributed by atoms with E-state index in [-0.39, 0.29) is 29.1 Å². The number of terminal acetylenes is 1. The van der Waals surface area contributed by atoms with Gasteiger partial charge in [-0.2, -0.15) is 0 Å². The summed E-state index contributed by atoms with van der Waals surface area (Å²) in [4.78, 5) is 12.2. The molecule has 0 aromatic rings. The second-order valence-corrected chi connectivity index (χ2v) is 9.49. The topological polar surface area (TPSA) is 57.5 Å². The standard InChI is InChI=1S/C22H30O3/c1-4-22(25)10-8-18-16-6-5-15-11-19(24)14(13-23)12-20(15,2)17(16)7-9-21(18,22)3/h1,11,14,16-18,23,25H,5-10,12-13H2,2-3H3/t14?,16?,17?,18?,20-,21-,22-/m0/s1. The highest BCUT2D eigenvalue weighted by Crippen LogP contribution is 2.67. The largest absolute Gasteiger partial charge is 0.396 e. The van der Waals surface area contributed by atoms with Gasteiger partial charge in [0.2, 0.25) is 0 Å². The van der Waals surface area contributed by atoms with Gasteiger partial charge in [0.1, 0.15) is 5.60 Å². The van der Waals surface area contributed by atoms with E-state index in [0.717, 1.165) is 38.5 Å². The highest BCUT2D eigenvalue weighted by Gasteiger charge is 2.63. The van der Waals surface area contributed by atoms with Crippen LogP contribution in [0, 0.1) is 46.8 Å². The summed E-state index contributed by atoms with van der Waals surface area (Å²) in [6.45, 7) is 4.47. The highest BCUT2D eigenvalue weighted by atomic mass is 16.3. The molecule has 0 heterocycles. The fraction of sp³-hybridized carbons (Fsp3) is 0.773. The third-order valence-electron chi connectivity index (χ3n) is 8.74. The Kier molecular flexibility index (Phi) is 3.77. The SMILES string of the molecule is C#C[C@]1(O)CCC2C3CCC4=CC(=O)C(CO)C[C@]4(C)C3CC[C@@]21C. The second-order valence-electron chi connectivity index (χ2n) is 9.49. The number of ketones is 1. The molecule has 3 heteroatoms. The Labute approximate surface area is 150 Å². The molecule has 136 valence electrons. The first-order valence-electron chi connectivity index (χ1n) is 9.85. The molecule has 0 spiro atoms. The Morgan fingerprint density at radius 2 is 1.96 bits per heavy atom. The summed E-state index contributed by atoms with van der Waals surface area (Å²) in [5.74, 6) is 4.16. The van der Waals surface area contributed by atoms with Crippen LogP contribution in [0.25, 0.3) is 0 Å². The van der Waals surface area contributed by atoms with E-state index >= 15 is 0 Å². The molecule has 0 aliphatic heterocycles. The maximum Gasteiger partial charge on any atom is 0.161 e. The van der Waals surface area contributed by atoms with Gasteiger partial charge in [-0.05, 0) is 74.2 Å². The predicted molar refractivity (Wildman–Crippen MR) is 96.5 cm³/mol. The molecule has 3 saturated carbocycles. The summed E-state index contributed by atoms with van der Waals surface area (Å²) in [6, 6.07) is 0. The van der Waals surface area contributed by atoms with Crippen molar-refractivity contribution in [2.45, 2.75) is 64.4 Å². The van der Waals surface area contributed by atoms with Crippen LogP contribution in [0.5, 0.6) is 0 Å². The van der Waals surface area contributed by atoms with Crippen LogP contribution in [0.1, 0.15) is 58.8 Å². The van der Waals surface area contributed by atoms with Crippen molar-refractivity contribution < 1.29 is 15.0 Å². The fourth-order valence-corrected chi connectivity index (χ4v) is 7.16. The van der Waals surface area contributed by atoms with Crippen molar-refractivity contribution in [3.05, 3.63) is 11.6 Å². The summed E-state index contributed by atoms with van der Waals surface area (Å²) in [5, 5.41) is 20.7. The zero-order valence-corrected chi connectivity index (χ0v) is 15.4. The molecule has 0 saturated heterocycles. The molecule has 4 aliphatic rings. The van der Waals surface area contributed by atoms with Gasteiger partial charge in [-0.3, -0.25) is 4.79 Å². The van der Waals surface area contributed by atoms with E-state index in [1.54, 1.807) is 0 Å². The minimum Gasteiger partial charge on any atom is -0.396 e. The van der Waals surface area contributed by atoms with E-state index in [1.165, 1.54) is 5.57 Å². The van der Waals surface area contributed by atoms with Crippen LogP contribution in [0.4, 0.5) is 0 Å². The normalized spacial score (nSPS) is 51.8. The molecule has 4 unspecified atom stereocenters. The third kappa shape index (κ3) is 2.10. The van der Waals surface area contributed by atoms with Crippen LogP contribution in [0.2, 0.25) is 0 Å². The Morgan fingerprint density at radius 1 is 1.24 bits per heavy atom. The first-order valence-corrected chi connectivity index (χ1v) is 9.85. The molecule has 0 aromatic carbocycles. The van der Waals surface area contributed by atoms with E-state index < -0.39 is 5.60 Å². The predicted octanol–water partition coefficient (Wildman–Crippen LogP) is 3.10. The van der Waals surface area contributed by atoms with E-state index in [9.17, 15) is 15.0 Å². The summed E-state index contributed by atoms with van der Waals surface area (Å²) in [6.07, 6.45) is 14.2. The number of fused-ring (bicyclic) bond motifs is 5. The average molecular weight is 342 g/mol. The van der Waals surface area contributed by atoms with E-state index in [0.29, 0.717) is 24.2 Å². The lowest BCUT2D eigenvalue weighted by Crippen LogP contribution is -2.55. The Hall–Kier alpha value is -1.11. The number of aliphatic hydroxyl groups excluding tert-OH is 1. The van der Waals surface area contributed by atoms with Gasteiger partial charge in [0.05, 0.1) is 6.61 Å². The van der Waals surface area contributed by atoms with Gasteiger partial charge in [-0.25, -0.2) is 0 Å². The van der Waals surface area contributed by atoms with Crippen molar-refractivity contribution in [2.75, 3.05) is 6.61 Å². The monoisotopic (exact) mass is 342 g/mol. The molecule has 2 N–H and O–H groups in total. The number of hydrogen-bond donors (Lipinski definition) is 2. The summed E-state index contributed by atoms with van der Waals surface area (Å²) < 4.78 is 0. The highest BCUT2D eigenvalue weighted by molar-refractivity contribution is 5.93. The van der Waals surface area contributed by atoms with Crippen molar-refractivity contribution in [1.82, 2.24) is 0 Å². The van der Waals surface area contributed by atoms with Crippen LogP contribution >= 0.6 is 0 Å². The van der Waals surface area contributed by atoms with Gasteiger partial charge < -0.3 is 10.2 Å². The van der Waals surface area contributed by atoms with Gasteiger partial charge >= 0.3 is 0 Å². The molecule has 0 bridgehead atoms. The quantitative estimate of drug-likeness (QED) is 0.720. The maximum atomic E-state index is 12.2. The van der Waals surface area contributed by atoms with Gasteiger partial charge in [0.15, 0.2) is 5.78 Å². The Morgan fingerprint density at radius 3 is 2.64 bits per heavy atom. The smallest absolute Gasteiger partial charge is 0.161 e. The number of carbonyl (C=O) groups is 1. The van der Waals surface area contributed by atoms with E-state index in [1.807, 2.05) is 6.08 Å². The average Bonchev–Trinajstić information content (AvgIpc) is 2.87. The third-order valence-corrected chi connectivity index (χ3v) is 8.74. The summed E-state index contributed by atoms with van der Waals surface area (Å²) in [7, 11) is 0. The summed E-state index contributed by atoms with van der Waals surface area (Å²) in [5.41, 5.74) is 0.178. The van der Waals surface area contributed by atoms with Crippen LogP contribution in [-0.2, 0) is 4.79 Å². The van der Waals surface area contributed by atoms with Gasteiger partial charge in [0, 0.05) is 11.3 Å². The Balaban J connectivity index is 1.70. The number of carbonyl (C=O) groups excluding carboxylic acids is 1. The van der Waals surface area contributed by atoms with E-state index in [2.05, 4.69) is 19.8 Å². The minimum atomic E-state index is -0.962. The number of hydrogen-bond acceptors (Lipinski definition) is 3. The minimum absolute atomic E-state index is 0.0163. The van der Waals surface area contributed by atoms with Gasteiger partial charge in [0.25, 0.3) is 0 Å². The summed E-state index contributed by atoms with van der Waals surface area (Å²) >= 11 is 0. The molecule has 25 heavy (non-hydrogen) atoms. The van der Waals surface area contributed by atoms with Crippen LogP contribution < -0.4 is 0 Å². The second kappa shape index (κ2) is 5.44. The molecule has 3 fully saturated rings. The molecular formula is C22H30O3. The molecule has 4 rings (SSSR count). The van der Waals surface area contributed by atoms with Crippen molar-refractivity contribution in [3.63, 3.8) is 0 Å². The zero-order valence-electron chi connectivity index (χ0n) is 15.4. The molecule has 0 amide bonds. The lowest BCUT2D eigenvalue weighted by Gasteiger charge is -2.59. The van der Waals surface area contributed by atoms with E-state index in [4.69, 9.17) is 6.42 Å². The number of rotatable bonds is 1. The fourth-order valence-electron chi connectivity index (χ4n) is 7.16. The first-order chi connectivity index (χ1) is 11.8. The van der Waals surface area contributed by atoms with Crippen molar-refractivity contribution in [3.8, 4) is 12.3 Å². The Bertz CT molecular complexity index is 673. The molecule has 0 aromatic heterocycles. The lowest BCUT2D eigenvalue weighted by atomic mass is 9.46. The number of allylic oxidation sites excluding steroid dienone is 1. The molecule has 7 atom stereocenters. The molecular weight excluding hydrogens is 312 g/mol.